The van der Waals surface area contributed by atoms with Crippen LogP contribution in [0.5, 0.6) is 0 Å². The molecule has 1 aromatic heterocycles. The van der Waals surface area contributed by atoms with Gasteiger partial charge in [0.05, 0.1) is 17.4 Å². The molecule has 0 fully saturated rings. The number of anilines is 2. The zero-order valence-corrected chi connectivity index (χ0v) is 9.86. The number of aryl methyl sites for hydroxylation is 2. The van der Waals surface area contributed by atoms with Gasteiger partial charge in [0.25, 0.3) is 0 Å². The first-order valence-corrected chi connectivity index (χ1v) is 5.38. The van der Waals surface area contributed by atoms with E-state index in [4.69, 9.17) is 5.26 Å². The molecule has 0 saturated heterocycles. The minimum atomic E-state index is 0.596. The molecule has 2 rings (SSSR count). The molecule has 0 aliphatic rings. The Morgan fingerprint density at radius 3 is 2.53 bits per heavy atom. The van der Waals surface area contributed by atoms with E-state index in [1.165, 1.54) is 11.1 Å². The van der Waals surface area contributed by atoms with Crippen molar-refractivity contribution >= 4 is 11.4 Å². The van der Waals surface area contributed by atoms with Crippen molar-refractivity contribution < 1.29 is 0 Å². The Balaban J connectivity index is 2.35. The second-order valence-corrected chi connectivity index (χ2v) is 4.03. The fourth-order valence-electron chi connectivity index (χ4n) is 1.79. The van der Waals surface area contributed by atoms with Gasteiger partial charge in [0.1, 0.15) is 6.07 Å². The Labute approximate surface area is 101 Å². The van der Waals surface area contributed by atoms with Gasteiger partial charge in [-0.3, -0.25) is 4.98 Å². The second-order valence-electron chi connectivity index (χ2n) is 4.03. The van der Waals surface area contributed by atoms with Crippen LogP contribution >= 0.6 is 0 Å². The summed E-state index contributed by atoms with van der Waals surface area (Å²) in [7, 11) is 0. The van der Waals surface area contributed by atoms with Gasteiger partial charge in [0.2, 0.25) is 0 Å². The number of hydrogen-bond acceptors (Lipinski definition) is 3. The summed E-state index contributed by atoms with van der Waals surface area (Å²) in [4.78, 5) is 4.02. The fraction of sp³-hybridized carbons (Fsp3) is 0.143. The van der Waals surface area contributed by atoms with Crippen LogP contribution in [0.3, 0.4) is 0 Å². The molecule has 0 radical (unpaired) electrons. The van der Waals surface area contributed by atoms with Gasteiger partial charge in [-0.1, -0.05) is 6.07 Å². The van der Waals surface area contributed by atoms with Gasteiger partial charge in [-0.2, -0.15) is 5.26 Å². The van der Waals surface area contributed by atoms with Crippen molar-refractivity contribution in [3.63, 3.8) is 0 Å². The van der Waals surface area contributed by atoms with Crippen LogP contribution in [0.1, 0.15) is 16.7 Å². The van der Waals surface area contributed by atoms with Crippen molar-refractivity contribution in [1.29, 1.82) is 5.26 Å². The number of nitrogens with one attached hydrogen (secondary N) is 1. The van der Waals surface area contributed by atoms with E-state index in [0.717, 1.165) is 11.4 Å². The molecule has 0 spiro atoms. The molecule has 1 N–H and O–H groups in total. The van der Waals surface area contributed by atoms with Gasteiger partial charge < -0.3 is 5.32 Å². The number of nitriles is 1. The Hall–Kier alpha value is -2.34. The summed E-state index contributed by atoms with van der Waals surface area (Å²) in [6.45, 7) is 4.10. The lowest BCUT2D eigenvalue weighted by molar-refractivity contribution is 1.30. The lowest BCUT2D eigenvalue weighted by Crippen LogP contribution is -1.95. The van der Waals surface area contributed by atoms with Crippen molar-refractivity contribution in [3.8, 4) is 6.07 Å². The van der Waals surface area contributed by atoms with E-state index in [0.29, 0.717) is 5.56 Å². The first-order valence-electron chi connectivity index (χ1n) is 5.38. The Morgan fingerprint density at radius 2 is 1.88 bits per heavy atom. The van der Waals surface area contributed by atoms with Crippen molar-refractivity contribution in [2.75, 3.05) is 5.32 Å². The monoisotopic (exact) mass is 223 g/mol. The Morgan fingerprint density at radius 1 is 1.18 bits per heavy atom. The van der Waals surface area contributed by atoms with E-state index in [-0.39, 0.29) is 0 Å². The number of aromatic nitrogens is 1. The third-order valence-electron chi connectivity index (χ3n) is 2.44. The van der Waals surface area contributed by atoms with Crippen molar-refractivity contribution in [2.24, 2.45) is 0 Å². The van der Waals surface area contributed by atoms with E-state index in [9.17, 15) is 0 Å². The number of hydrogen-bond donors (Lipinski definition) is 1. The minimum Gasteiger partial charge on any atom is -0.353 e. The summed E-state index contributed by atoms with van der Waals surface area (Å²) >= 11 is 0. The molecule has 2 aromatic rings. The normalized spacial score (nSPS) is 9.71. The van der Waals surface area contributed by atoms with Crippen LogP contribution in [0.15, 0.2) is 36.7 Å². The molecule has 0 atom stereocenters. The highest BCUT2D eigenvalue weighted by Crippen LogP contribution is 2.21. The smallest absolute Gasteiger partial charge is 0.101 e. The lowest BCUT2D eigenvalue weighted by atomic mass is 10.1. The highest BCUT2D eigenvalue weighted by Gasteiger charge is 2.02. The number of pyridine rings is 1. The molecular weight excluding hydrogens is 210 g/mol. The maximum absolute atomic E-state index is 8.99. The van der Waals surface area contributed by atoms with Crippen LogP contribution in [0.4, 0.5) is 11.4 Å². The predicted molar refractivity (Wildman–Crippen MR) is 68.2 cm³/mol. The maximum Gasteiger partial charge on any atom is 0.101 e. The molecule has 1 heterocycles. The SMILES string of the molecule is Cc1cc(C)cc(Nc2cnccc2C#N)c1. The molecule has 3 heteroatoms. The average molecular weight is 223 g/mol. The van der Waals surface area contributed by atoms with E-state index in [2.05, 4.69) is 22.4 Å². The average Bonchev–Trinajstić information content (AvgIpc) is 2.28. The fourth-order valence-corrected chi connectivity index (χ4v) is 1.79. The van der Waals surface area contributed by atoms with E-state index in [1.807, 2.05) is 26.0 Å². The maximum atomic E-state index is 8.99. The van der Waals surface area contributed by atoms with Crippen LogP contribution in [-0.4, -0.2) is 4.98 Å². The van der Waals surface area contributed by atoms with Gasteiger partial charge in [0.15, 0.2) is 0 Å². The highest BCUT2D eigenvalue weighted by atomic mass is 14.9. The molecular formula is C14H13N3. The second kappa shape index (κ2) is 4.67. The van der Waals surface area contributed by atoms with Crippen LogP contribution < -0.4 is 5.32 Å². The van der Waals surface area contributed by atoms with E-state index >= 15 is 0 Å². The van der Waals surface area contributed by atoms with Crippen LogP contribution in [0, 0.1) is 25.2 Å². The summed E-state index contributed by atoms with van der Waals surface area (Å²) in [6, 6.07) is 10.0. The highest BCUT2D eigenvalue weighted by molar-refractivity contribution is 5.66. The molecule has 84 valence electrons. The summed E-state index contributed by atoms with van der Waals surface area (Å²) in [5.41, 5.74) is 4.69. The van der Waals surface area contributed by atoms with Crippen molar-refractivity contribution in [3.05, 3.63) is 53.3 Å². The first-order chi connectivity index (χ1) is 8.19. The quantitative estimate of drug-likeness (QED) is 0.849. The summed E-state index contributed by atoms with van der Waals surface area (Å²) < 4.78 is 0. The topological polar surface area (TPSA) is 48.7 Å². The van der Waals surface area contributed by atoms with Gasteiger partial charge in [-0.15, -0.1) is 0 Å². The summed E-state index contributed by atoms with van der Waals surface area (Å²) in [5, 5.41) is 12.2. The Kier molecular flexibility index (Phi) is 3.06. The van der Waals surface area contributed by atoms with Gasteiger partial charge >= 0.3 is 0 Å². The summed E-state index contributed by atoms with van der Waals surface area (Å²) in [6.07, 6.45) is 3.28. The van der Waals surface area contributed by atoms with Crippen LogP contribution in [0.2, 0.25) is 0 Å². The molecule has 0 bridgehead atoms. The molecule has 1 aromatic carbocycles. The third kappa shape index (κ3) is 2.61. The van der Waals surface area contributed by atoms with Gasteiger partial charge in [-0.05, 0) is 43.2 Å². The zero-order chi connectivity index (χ0) is 12.3. The molecule has 0 amide bonds. The standard InChI is InChI=1S/C14H13N3/c1-10-5-11(2)7-13(6-10)17-14-9-16-4-3-12(14)8-15/h3-7,9,17H,1-2H3. The molecule has 17 heavy (non-hydrogen) atoms. The van der Waals surface area contributed by atoms with Crippen molar-refractivity contribution in [1.82, 2.24) is 4.98 Å². The van der Waals surface area contributed by atoms with Crippen LogP contribution in [-0.2, 0) is 0 Å². The first kappa shape index (κ1) is 11.2. The van der Waals surface area contributed by atoms with Crippen LogP contribution in [0.25, 0.3) is 0 Å². The molecule has 0 aliphatic heterocycles. The molecule has 0 unspecified atom stereocenters. The predicted octanol–water partition coefficient (Wildman–Crippen LogP) is 3.31. The number of nitrogens with zero attached hydrogens (tertiary/aromatic N) is 2. The van der Waals surface area contributed by atoms with E-state index < -0.39 is 0 Å². The Bertz CT molecular complexity index is 562. The number of rotatable bonds is 2. The van der Waals surface area contributed by atoms with Crippen molar-refractivity contribution in [2.45, 2.75) is 13.8 Å². The van der Waals surface area contributed by atoms with Gasteiger partial charge in [0, 0.05) is 11.9 Å². The molecule has 0 saturated carbocycles. The number of benzene rings is 1. The zero-order valence-electron chi connectivity index (χ0n) is 9.86. The third-order valence-corrected chi connectivity index (χ3v) is 2.44. The lowest BCUT2D eigenvalue weighted by Gasteiger charge is -2.09. The minimum absolute atomic E-state index is 0.596. The largest absolute Gasteiger partial charge is 0.353 e. The molecule has 3 nitrogen and oxygen atoms in total. The summed E-state index contributed by atoms with van der Waals surface area (Å²) in [5.74, 6) is 0. The van der Waals surface area contributed by atoms with E-state index in [1.54, 1.807) is 18.5 Å². The molecule has 0 aliphatic carbocycles. The van der Waals surface area contributed by atoms with Gasteiger partial charge in [-0.25, -0.2) is 0 Å².